The van der Waals surface area contributed by atoms with Gasteiger partial charge in [-0.15, -0.1) is 0 Å². The number of hydrogen-bond acceptors (Lipinski definition) is 6. The summed E-state index contributed by atoms with van der Waals surface area (Å²) in [4.78, 5) is 25.8. The van der Waals surface area contributed by atoms with Gasteiger partial charge in [0, 0.05) is 80.1 Å². The lowest BCUT2D eigenvalue weighted by Gasteiger charge is -2.16. The zero-order chi connectivity index (χ0) is 60.4. The highest BCUT2D eigenvalue weighted by molar-refractivity contribution is 6.61. The van der Waals surface area contributed by atoms with E-state index < -0.39 is 11.4 Å². The molecule has 7 aromatic carbocycles. The number of fused-ring (bicyclic) bond motifs is 2. The van der Waals surface area contributed by atoms with E-state index in [1.54, 1.807) is 19.1 Å². The highest BCUT2D eigenvalue weighted by Gasteiger charge is 2.21. The van der Waals surface area contributed by atoms with Gasteiger partial charge in [-0.2, -0.15) is 0 Å². The highest BCUT2D eigenvalue weighted by Crippen LogP contribution is 2.41. The second kappa shape index (κ2) is 36.5. The van der Waals surface area contributed by atoms with Crippen molar-refractivity contribution < 1.29 is 28.5 Å². The molecular weight excluding hydrogens is 1090 g/mol. The average molecular weight is 1170 g/mol. The average Bonchev–Trinajstić information content (AvgIpc) is 2.53. The third-order valence-corrected chi connectivity index (χ3v) is 14.8. The van der Waals surface area contributed by atoms with Gasteiger partial charge >= 0.3 is 11.4 Å². The topological polar surface area (TPSA) is 71.1 Å². The summed E-state index contributed by atoms with van der Waals surface area (Å²) in [6, 6.07) is 50.2. The van der Waals surface area contributed by atoms with Crippen molar-refractivity contribution in [1.29, 1.82) is 0 Å². The normalized spacial score (nSPS) is 14.1. The first-order valence-corrected chi connectivity index (χ1v) is 31.4. The second-order valence-electron chi connectivity index (χ2n) is 21.5. The largest absolute Gasteiger partial charge is 0.494 e. The molecule has 0 saturated carbocycles. The van der Waals surface area contributed by atoms with Crippen LogP contribution < -0.4 is 14.2 Å². The Morgan fingerprint density at radius 3 is 1.03 bits per heavy atom. The number of rotatable bonds is 3. The molecule has 0 amide bonds. The third-order valence-electron chi connectivity index (χ3n) is 14.7. The molecule has 0 fully saturated rings. The molecule has 438 valence electrons. The maximum absolute atomic E-state index is 13.3. The molecule has 16 rings (SSSR count). The summed E-state index contributed by atoms with van der Waals surface area (Å²) >= 11 is 5.92. The fourth-order valence-corrected chi connectivity index (χ4v) is 9.98. The number of esters is 1. The molecule has 14 bridgehead atoms. The number of hydrogen-bond donors (Lipinski definition) is 0. The summed E-state index contributed by atoms with van der Waals surface area (Å²) in [5.74, 6) is 40.0. The first-order valence-electron chi connectivity index (χ1n) is 31.0. The lowest BCUT2D eigenvalue weighted by molar-refractivity contribution is 0.0526. The molecule has 0 spiro atoms. The van der Waals surface area contributed by atoms with E-state index >= 15 is 0 Å². The number of halogens is 1. The van der Waals surface area contributed by atoms with E-state index in [2.05, 4.69) is 71.0 Å². The monoisotopic (exact) mass is 1170 g/mol. The first-order chi connectivity index (χ1) is 42.8. The Labute approximate surface area is 522 Å². The Bertz CT molecular complexity index is 3500. The minimum atomic E-state index is -1.01. The quantitative estimate of drug-likeness (QED) is 0.0997. The Hall–Kier alpha value is -9.27. The summed E-state index contributed by atoms with van der Waals surface area (Å²) in [7, 11) is 0. The van der Waals surface area contributed by atoms with E-state index in [1.807, 2.05) is 146 Å². The lowest BCUT2D eigenvalue weighted by Crippen LogP contribution is -2.07. The van der Waals surface area contributed by atoms with Crippen molar-refractivity contribution in [2.75, 3.05) is 19.8 Å². The van der Waals surface area contributed by atoms with Crippen LogP contribution in [0.15, 0.2) is 158 Å². The predicted molar refractivity (Wildman–Crippen MR) is 354 cm³/mol. The van der Waals surface area contributed by atoms with Gasteiger partial charge < -0.3 is 18.9 Å². The molecule has 9 heterocycles. The summed E-state index contributed by atoms with van der Waals surface area (Å²) in [5, 5.41) is 0. The summed E-state index contributed by atoms with van der Waals surface area (Å²) in [6.45, 7) is 3.31. The summed E-state index contributed by atoms with van der Waals surface area (Å²) in [6.07, 6.45) is 23.4. The molecule has 0 N–H and O–H groups in total. The van der Waals surface area contributed by atoms with E-state index in [-0.39, 0.29) is 12.4 Å². The van der Waals surface area contributed by atoms with Crippen LogP contribution in [0.25, 0.3) is 22.3 Å². The van der Waals surface area contributed by atoms with Crippen molar-refractivity contribution in [3.05, 3.63) is 208 Å². The van der Waals surface area contributed by atoms with E-state index in [4.69, 9.17) is 30.5 Å². The molecule has 0 radical (unpaired) electrons. The molecule has 9 aliphatic rings. The Kier molecular flexibility index (Phi) is 26.8. The molecule has 0 aromatic heterocycles. The van der Waals surface area contributed by atoms with Crippen LogP contribution in [0.1, 0.15) is 190 Å². The fraction of sp³-hybridized carbons (Fsp3) is 0.300. The van der Waals surface area contributed by atoms with Crippen LogP contribution in [0.4, 0.5) is 4.79 Å². The van der Waals surface area contributed by atoms with Gasteiger partial charge in [0.1, 0.15) is 17.2 Å². The lowest BCUT2D eigenvalue weighted by atomic mass is 9.93. The fourth-order valence-electron chi connectivity index (χ4n) is 9.90. The van der Waals surface area contributed by atoms with Crippen LogP contribution in [0.5, 0.6) is 17.2 Å². The van der Waals surface area contributed by atoms with Crippen LogP contribution in [-0.4, -0.2) is 31.2 Å². The van der Waals surface area contributed by atoms with Crippen molar-refractivity contribution in [3.63, 3.8) is 0 Å². The Balaban J connectivity index is 0.864. The Morgan fingerprint density at radius 1 is 0.391 bits per heavy atom. The van der Waals surface area contributed by atoms with Gasteiger partial charge in [0.2, 0.25) is 0 Å². The Morgan fingerprint density at radius 2 is 0.690 bits per heavy atom. The minimum Gasteiger partial charge on any atom is -0.494 e. The van der Waals surface area contributed by atoms with Crippen LogP contribution >= 0.6 is 11.6 Å². The molecule has 7 aromatic rings. The molecule has 9 aliphatic heterocycles. The minimum absolute atomic E-state index is 0.190. The van der Waals surface area contributed by atoms with Crippen LogP contribution in [0, 0.1) is 71.0 Å². The van der Waals surface area contributed by atoms with E-state index in [9.17, 15) is 9.59 Å². The summed E-state index contributed by atoms with van der Waals surface area (Å²) < 4.78 is 23.3. The molecule has 6 nitrogen and oxygen atoms in total. The first kappa shape index (κ1) is 63.7. The molecule has 0 saturated heterocycles. The van der Waals surface area contributed by atoms with Crippen LogP contribution in [-0.2, 0) is 4.74 Å². The standard InChI is InChI=1S/C80H75ClO6/c1-2-84-79(82)73-61-76-71-51-43-67(44-52-71)39-41-69-47-55-74(56-48-69)85-59-25-19-15-11-7-3-5-9-13-17-21-27-63-31-35-65(36-32-63)29-23-24-30-66-37-33-64(34-38-66)28-22-18-14-10-6-4-8-12-16-20-26-60-86-75-57-49-70(50-58-75)42-40-68-45-53-72(54-46-68)77(62-73)78(76)87-80(81)83/h31-38,43-58,61-62H,2-20,25-26,59-60H2,1H3. The van der Waals surface area contributed by atoms with Gasteiger partial charge in [0.15, 0.2) is 0 Å². The zero-order valence-electron chi connectivity index (χ0n) is 50.1. The van der Waals surface area contributed by atoms with Crippen molar-refractivity contribution in [2.45, 2.75) is 135 Å². The molecular formula is C80H75ClO6. The van der Waals surface area contributed by atoms with Crippen LogP contribution in [0.2, 0.25) is 0 Å². The SMILES string of the molecule is CCOC(=O)c1cc2c(OC(=O)Cl)c(c1)-c1ccc(cc1)C#Cc1ccc(cc1)OCCCCCCCCCCCC#Cc1ccc(cc1)C#CC#Cc1ccc(cc1)C#CCCCCCCCCCCCOc1ccc(cc1)C#Cc1ccc-2cc1. The highest BCUT2D eigenvalue weighted by atomic mass is 35.5. The number of ether oxygens (including phenoxy) is 4. The molecule has 87 heavy (non-hydrogen) atoms. The van der Waals surface area contributed by atoms with Gasteiger partial charge in [-0.05, 0) is 189 Å². The van der Waals surface area contributed by atoms with Gasteiger partial charge in [-0.25, -0.2) is 9.59 Å². The van der Waals surface area contributed by atoms with Crippen molar-refractivity contribution in [2.24, 2.45) is 0 Å². The predicted octanol–water partition coefficient (Wildman–Crippen LogP) is 19.1. The summed E-state index contributed by atoms with van der Waals surface area (Å²) in [5.41, 5.74) is 8.77. The number of carbonyl (C=O) groups is 2. The maximum Gasteiger partial charge on any atom is 0.409 e. The molecule has 0 atom stereocenters. The number of carbonyl (C=O) groups excluding carboxylic acids is 2. The van der Waals surface area contributed by atoms with Gasteiger partial charge in [0.05, 0.1) is 25.4 Å². The van der Waals surface area contributed by atoms with Crippen molar-refractivity contribution in [1.82, 2.24) is 0 Å². The van der Waals surface area contributed by atoms with Gasteiger partial charge in [0.25, 0.3) is 0 Å². The van der Waals surface area contributed by atoms with Gasteiger partial charge in [-0.1, -0.05) is 173 Å². The second-order valence-corrected chi connectivity index (χ2v) is 21.8. The molecule has 0 aliphatic carbocycles. The van der Waals surface area contributed by atoms with E-state index in [0.717, 1.165) is 107 Å². The molecule has 0 unspecified atom stereocenters. The smallest absolute Gasteiger partial charge is 0.409 e. The maximum atomic E-state index is 13.3. The van der Waals surface area contributed by atoms with Gasteiger partial charge in [-0.3, -0.25) is 0 Å². The van der Waals surface area contributed by atoms with Crippen molar-refractivity contribution >= 4 is 23.0 Å². The number of benzene rings is 7. The third kappa shape index (κ3) is 22.9. The van der Waals surface area contributed by atoms with Crippen molar-refractivity contribution in [3.8, 4) is 111 Å². The van der Waals surface area contributed by atoms with E-state index in [0.29, 0.717) is 41.0 Å². The van der Waals surface area contributed by atoms with Crippen LogP contribution in [0.3, 0.4) is 0 Å². The molecule has 7 heteroatoms. The van der Waals surface area contributed by atoms with E-state index in [1.165, 1.54) is 77.0 Å². The zero-order valence-corrected chi connectivity index (χ0v) is 50.9.